The number of benzene rings is 1. The van der Waals surface area contributed by atoms with Crippen LogP contribution in [-0.4, -0.2) is 24.5 Å². The SMILES string of the molecule is CCN(C)C(=O)Nc1ccc(Br)cc1F. The molecule has 1 aromatic rings. The van der Waals surface area contributed by atoms with Crippen molar-refractivity contribution in [1.82, 2.24) is 4.90 Å². The first-order valence-electron chi connectivity index (χ1n) is 4.51. The lowest BCUT2D eigenvalue weighted by molar-refractivity contribution is 0.224. The quantitative estimate of drug-likeness (QED) is 0.883. The molecule has 2 amide bonds. The summed E-state index contributed by atoms with van der Waals surface area (Å²) in [5, 5.41) is 2.48. The highest BCUT2D eigenvalue weighted by Crippen LogP contribution is 2.19. The number of nitrogens with one attached hydrogen (secondary N) is 1. The van der Waals surface area contributed by atoms with Gasteiger partial charge in [0, 0.05) is 18.1 Å². The molecule has 0 saturated heterocycles. The summed E-state index contributed by atoms with van der Waals surface area (Å²) >= 11 is 3.14. The van der Waals surface area contributed by atoms with Gasteiger partial charge in [-0.1, -0.05) is 15.9 Å². The highest BCUT2D eigenvalue weighted by molar-refractivity contribution is 9.10. The first-order valence-corrected chi connectivity index (χ1v) is 5.31. The Bertz CT molecular complexity index is 370. The molecule has 0 heterocycles. The highest BCUT2D eigenvalue weighted by atomic mass is 79.9. The second-order valence-electron chi connectivity index (χ2n) is 3.07. The van der Waals surface area contributed by atoms with Crippen LogP contribution in [0.2, 0.25) is 0 Å². The number of hydrogen-bond acceptors (Lipinski definition) is 1. The lowest BCUT2D eigenvalue weighted by Gasteiger charge is -2.15. The Labute approximate surface area is 96.4 Å². The Kier molecular flexibility index (Phi) is 4.08. The van der Waals surface area contributed by atoms with E-state index in [1.165, 1.54) is 17.0 Å². The van der Waals surface area contributed by atoms with Crippen molar-refractivity contribution in [2.45, 2.75) is 6.92 Å². The van der Waals surface area contributed by atoms with Crippen LogP contribution in [-0.2, 0) is 0 Å². The van der Waals surface area contributed by atoms with E-state index in [1.54, 1.807) is 13.1 Å². The van der Waals surface area contributed by atoms with Crippen molar-refractivity contribution in [2.24, 2.45) is 0 Å². The first kappa shape index (κ1) is 12.0. The van der Waals surface area contributed by atoms with Crippen LogP contribution in [0.1, 0.15) is 6.92 Å². The van der Waals surface area contributed by atoms with Crippen LogP contribution in [0.3, 0.4) is 0 Å². The zero-order valence-electron chi connectivity index (χ0n) is 8.55. The topological polar surface area (TPSA) is 32.3 Å². The average Bonchev–Trinajstić information content (AvgIpc) is 2.20. The molecule has 5 heteroatoms. The van der Waals surface area contributed by atoms with Gasteiger partial charge >= 0.3 is 6.03 Å². The Morgan fingerprint density at radius 1 is 1.60 bits per heavy atom. The molecule has 0 fully saturated rings. The maximum atomic E-state index is 13.3. The van der Waals surface area contributed by atoms with E-state index < -0.39 is 5.82 Å². The summed E-state index contributed by atoms with van der Waals surface area (Å²) in [4.78, 5) is 12.9. The number of amides is 2. The summed E-state index contributed by atoms with van der Waals surface area (Å²) in [5.74, 6) is -0.456. The molecule has 3 nitrogen and oxygen atoms in total. The molecular weight excluding hydrogens is 263 g/mol. The van der Waals surface area contributed by atoms with Gasteiger partial charge < -0.3 is 10.2 Å². The zero-order valence-corrected chi connectivity index (χ0v) is 10.1. The van der Waals surface area contributed by atoms with E-state index in [2.05, 4.69) is 21.2 Å². The Balaban J connectivity index is 2.77. The number of carbonyl (C=O) groups excluding carboxylic acids is 1. The van der Waals surface area contributed by atoms with Gasteiger partial charge in [0.1, 0.15) is 5.82 Å². The molecule has 82 valence electrons. The van der Waals surface area contributed by atoms with Crippen LogP contribution in [0.4, 0.5) is 14.9 Å². The molecule has 0 radical (unpaired) electrons. The summed E-state index contributed by atoms with van der Waals surface area (Å²) in [6, 6.07) is 4.17. The summed E-state index contributed by atoms with van der Waals surface area (Å²) in [6.07, 6.45) is 0. The minimum absolute atomic E-state index is 0.184. The standard InChI is InChI=1S/C10H12BrFN2O/c1-3-14(2)10(15)13-9-5-4-7(11)6-8(9)12/h4-6H,3H2,1-2H3,(H,13,15). The molecule has 0 saturated carbocycles. The molecule has 0 aliphatic heterocycles. The van der Waals surface area contributed by atoms with E-state index in [0.29, 0.717) is 11.0 Å². The fraction of sp³-hybridized carbons (Fsp3) is 0.300. The van der Waals surface area contributed by atoms with Crippen LogP contribution in [0.5, 0.6) is 0 Å². The minimum atomic E-state index is -0.456. The molecule has 0 bridgehead atoms. The summed E-state index contributed by atoms with van der Waals surface area (Å²) in [7, 11) is 1.64. The number of halogens is 2. The van der Waals surface area contributed by atoms with Crippen molar-refractivity contribution in [1.29, 1.82) is 0 Å². The molecule has 15 heavy (non-hydrogen) atoms. The number of carbonyl (C=O) groups is 1. The largest absolute Gasteiger partial charge is 0.328 e. The number of hydrogen-bond donors (Lipinski definition) is 1. The maximum absolute atomic E-state index is 13.3. The van der Waals surface area contributed by atoms with Crippen molar-refractivity contribution in [3.05, 3.63) is 28.5 Å². The van der Waals surface area contributed by atoms with Crippen molar-refractivity contribution in [3.63, 3.8) is 0 Å². The highest BCUT2D eigenvalue weighted by Gasteiger charge is 2.09. The van der Waals surface area contributed by atoms with Gasteiger partial charge in [-0.15, -0.1) is 0 Å². The summed E-state index contributed by atoms with van der Waals surface area (Å²) in [5.41, 5.74) is 0.184. The maximum Gasteiger partial charge on any atom is 0.321 e. The second kappa shape index (κ2) is 5.11. The molecule has 1 rings (SSSR count). The Morgan fingerprint density at radius 2 is 2.27 bits per heavy atom. The number of anilines is 1. The van der Waals surface area contributed by atoms with Gasteiger partial charge in [-0.25, -0.2) is 9.18 Å². The van der Waals surface area contributed by atoms with Crippen LogP contribution in [0.25, 0.3) is 0 Å². The van der Waals surface area contributed by atoms with E-state index in [4.69, 9.17) is 0 Å². The van der Waals surface area contributed by atoms with Gasteiger partial charge in [0.15, 0.2) is 0 Å². The van der Waals surface area contributed by atoms with Crippen molar-refractivity contribution >= 4 is 27.6 Å². The lowest BCUT2D eigenvalue weighted by Crippen LogP contribution is -2.31. The molecule has 1 aromatic carbocycles. The molecule has 1 N–H and O–H groups in total. The molecule has 0 unspecified atom stereocenters. The molecule has 0 aliphatic carbocycles. The number of urea groups is 1. The normalized spacial score (nSPS) is 9.87. The van der Waals surface area contributed by atoms with E-state index in [0.717, 1.165) is 0 Å². The second-order valence-corrected chi connectivity index (χ2v) is 3.98. The Hall–Kier alpha value is -1.10. The van der Waals surface area contributed by atoms with E-state index in [9.17, 15) is 9.18 Å². The number of nitrogens with zero attached hydrogens (tertiary/aromatic N) is 1. The van der Waals surface area contributed by atoms with E-state index >= 15 is 0 Å². The Morgan fingerprint density at radius 3 is 2.80 bits per heavy atom. The van der Waals surface area contributed by atoms with E-state index in [-0.39, 0.29) is 11.7 Å². The third-order valence-electron chi connectivity index (χ3n) is 1.99. The van der Waals surface area contributed by atoms with Gasteiger partial charge in [0.2, 0.25) is 0 Å². The van der Waals surface area contributed by atoms with Gasteiger partial charge in [-0.05, 0) is 25.1 Å². The zero-order chi connectivity index (χ0) is 11.4. The molecule has 0 aliphatic rings. The smallest absolute Gasteiger partial charge is 0.321 e. The van der Waals surface area contributed by atoms with Crippen LogP contribution in [0.15, 0.2) is 22.7 Å². The summed E-state index contributed by atoms with van der Waals surface area (Å²) in [6.45, 7) is 2.42. The third-order valence-corrected chi connectivity index (χ3v) is 2.49. The van der Waals surface area contributed by atoms with Gasteiger partial charge in [-0.2, -0.15) is 0 Å². The van der Waals surface area contributed by atoms with Crippen LogP contribution < -0.4 is 5.32 Å². The van der Waals surface area contributed by atoms with E-state index in [1.807, 2.05) is 6.92 Å². The molecule has 0 atom stereocenters. The first-order chi connectivity index (χ1) is 7.04. The molecule has 0 aromatic heterocycles. The predicted molar refractivity (Wildman–Crippen MR) is 61.4 cm³/mol. The predicted octanol–water partition coefficient (Wildman–Crippen LogP) is 3.07. The molecular formula is C10H12BrFN2O. The monoisotopic (exact) mass is 274 g/mol. The van der Waals surface area contributed by atoms with Crippen molar-refractivity contribution in [2.75, 3.05) is 18.9 Å². The van der Waals surface area contributed by atoms with Gasteiger partial charge in [0.25, 0.3) is 0 Å². The molecule has 0 spiro atoms. The number of rotatable bonds is 2. The fourth-order valence-electron chi connectivity index (χ4n) is 0.945. The van der Waals surface area contributed by atoms with Crippen LogP contribution >= 0.6 is 15.9 Å². The average molecular weight is 275 g/mol. The van der Waals surface area contributed by atoms with Crippen molar-refractivity contribution < 1.29 is 9.18 Å². The van der Waals surface area contributed by atoms with Gasteiger partial charge in [0.05, 0.1) is 5.69 Å². The van der Waals surface area contributed by atoms with Crippen LogP contribution in [0, 0.1) is 5.82 Å². The third kappa shape index (κ3) is 3.20. The van der Waals surface area contributed by atoms with Gasteiger partial charge in [-0.3, -0.25) is 0 Å². The fourth-order valence-corrected chi connectivity index (χ4v) is 1.28. The lowest BCUT2D eigenvalue weighted by atomic mass is 10.3. The van der Waals surface area contributed by atoms with Crippen molar-refractivity contribution in [3.8, 4) is 0 Å². The summed E-state index contributed by atoms with van der Waals surface area (Å²) < 4.78 is 14.0. The minimum Gasteiger partial charge on any atom is -0.328 e.